The summed E-state index contributed by atoms with van der Waals surface area (Å²) in [6.45, 7) is 8.84. The number of hydrogen-bond donors (Lipinski definition) is 2. The number of rotatable bonds is 7. The maximum absolute atomic E-state index is 11.7. The topological polar surface area (TPSA) is 63.2 Å². The third-order valence-corrected chi connectivity index (χ3v) is 4.09. The van der Waals surface area contributed by atoms with Gasteiger partial charge in [0, 0.05) is 34.3 Å². The summed E-state index contributed by atoms with van der Waals surface area (Å²) in [5, 5.41) is 6.26. The Hall–Kier alpha value is -0.660. The van der Waals surface area contributed by atoms with Crippen LogP contribution in [-0.4, -0.2) is 29.3 Å². The van der Waals surface area contributed by atoms with E-state index in [9.17, 15) is 4.79 Å². The Labute approximate surface area is 155 Å². The molecule has 1 aromatic rings. The minimum absolute atomic E-state index is 0.171. The summed E-state index contributed by atoms with van der Waals surface area (Å²) in [5.74, 6) is 0. The maximum atomic E-state index is 11.7. The molecule has 1 rings (SSSR count). The molecule has 1 atom stereocenters. The number of pyridine rings is 1. The van der Waals surface area contributed by atoms with Crippen LogP contribution < -0.4 is 10.6 Å². The molecule has 1 unspecified atom stereocenters. The van der Waals surface area contributed by atoms with Gasteiger partial charge in [0.2, 0.25) is 0 Å². The quantitative estimate of drug-likeness (QED) is 0.646. The summed E-state index contributed by atoms with van der Waals surface area (Å²) in [4.78, 5) is 16.1. The highest BCUT2D eigenvalue weighted by Crippen LogP contribution is 2.19. The van der Waals surface area contributed by atoms with E-state index in [1.807, 2.05) is 26.8 Å². The van der Waals surface area contributed by atoms with Crippen LogP contribution >= 0.6 is 31.9 Å². The van der Waals surface area contributed by atoms with E-state index in [1.54, 1.807) is 6.20 Å². The van der Waals surface area contributed by atoms with Gasteiger partial charge in [0.05, 0.1) is 5.69 Å². The molecular weight excluding hydrogens is 426 g/mol. The van der Waals surface area contributed by atoms with E-state index in [0.29, 0.717) is 13.1 Å². The highest BCUT2D eigenvalue weighted by molar-refractivity contribution is 9.11. The van der Waals surface area contributed by atoms with Gasteiger partial charge in [-0.3, -0.25) is 4.98 Å². The Bertz CT molecular complexity index is 519. The number of hydrogen-bond acceptors (Lipinski definition) is 4. The molecule has 0 aliphatic heterocycles. The zero-order chi connectivity index (χ0) is 17.5. The number of alkyl carbamates (subject to hydrolysis) is 1. The molecule has 0 saturated carbocycles. The molecule has 0 saturated heterocycles. The van der Waals surface area contributed by atoms with E-state index >= 15 is 0 Å². The molecule has 1 aromatic heterocycles. The second kappa shape index (κ2) is 9.59. The lowest BCUT2D eigenvalue weighted by Crippen LogP contribution is -2.42. The third kappa shape index (κ3) is 8.67. The second-order valence-corrected chi connectivity index (χ2v) is 8.10. The number of ether oxygens (including phenoxy) is 1. The van der Waals surface area contributed by atoms with Crippen molar-refractivity contribution in [1.29, 1.82) is 0 Å². The predicted octanol–water partition coefficient (Wildman–Crippen LogP) is 4.39. The van der Waals surface area contributed by atoms with E-state index in [1.165, 1.54) is 0 Å². The van der Waals surface area contributed by atoms with Crippen LogP contribution in [0.4, 0.5) is 4.79 Å². The van der Waals surface area contributed by atoms with Crippen molar-refractivity contribution in [2.45, 2.75) is 58.7 Å². The molecule has 0 bridgehead atoms. The Morgan fingerprint density at radius 1 is 1.39 bits per heavy atom. The molecule has 0 spiro atoms. The monoisotopic (exact) mass is 449 g/mol. The summed E-state index contributed by atoms with van der Waals surface area (Å²) in [7, 11) is 0. The van der Waals surface area contributed by atoms with Gasteiger partial charge in [-0.2, -0.15) is 0 Å². The van der Waals surface area contributed by atoms with E-state index in [-0.39, 0.29) is 12.1 Å². The second-order valence-electron chi connectivity index (χ2n) is 6.33. The van der Waals surface area contributed by atoms with E-state index in [4.69, 9.17) is 4.74 Å². The minimum Gasteiger partial charge on any atom is -0.444 e. The number of nitrogens with zero attached hydrogens (tertiary/aromatic N) is 1. The SMILES string of the molecule is CCCC(CNC(=O)OC(C)(C)C)NCc1ncc(Br)cc1Br. The lowest BCUT2D eigenvalue weighted by atomic mass is 10.1. The van der Waals surface area contributed by atoms with Crippen LogP contribution in [0.5, 0.6) is 0 Å². The molecule has 0 aromatic carbocycles. The zero-order valence-electron chi connectivity index (χ0n) is 14.1. The van der Waals surface area contributed by atoms with E-state index in [2.05, 4.69) is 54.4 Å². The summed E-state index contributed by atoms with van der Waals surface area (Å²) < 4.78 is 7.15. The number of carbonyl (C=O) groups excluding carboxylic acids is 1. The van der Waals surface area contributed by atoms with Gasteiger partial charge in [-0.25, -0.2) is 4.79 Å². The average molecular weight is 451 g/mol. The first-order valence-electron chi connectivity index (χ1n) is 7.71. The first-order chi connectivity index (χ1) is 10.7. The third-order valence-electron chi connectivity index (χ3n) is 2.97. The Kier molecular flexibility index (Phi) is 8.50. The molecular formula is C16H25Br2N3O2. The lowest BCUT2D eigenvalue weighted by Gasteiger charge is -2.22. The first-order valence-corrected chi connectivity index (χ1v) is 9.30. The molecule has 0 aliphatic carbocycles. The first kappa shape index (κ1) is 20.4. The molecule has 0 aliphatic rings. The van der Waals surface area contributed by atoms with Gasteiger partial charge in [0.1, 0.15) is 5.60 Å². The van der Waals surface area contributed by atoms with Gasteiger partial charge in [-0.05, 0) is 65.1 Å². The van der Waals surface area contributed by atoms with E-state index < -0.39 is 5.60 Å². The summed E-state index contributed by atoms with van der Waals surface area (Å²) in [6.07, 6.45) is 3.38. The number of nitrogens with one attached hydrogen (secondary N) is 2. The lowest BCUT2D eigenvalue weighted by molar-refractivity contribution is 0.0521. The van der Waals surface area contributed by atoms with Gasteiger partial charge >= 0.3 is 6.09 Å². The van der Waals surface area contributed by atoms with Gasteiger partial charge < -0.3 is 15.4 Å². The maximum Gasteiger partial charge on any atom is 0.407 e. The van der Waals surface area contributed by atoms with Crippen molar-refractivity contribution in [3.05, 3.63) is 26.9 Å². The van der Waals surface area contributed by atoms with Crippen molar-refractivity contribution in [2.75, 3.05) is 6.54 Å². The normalized spacial score (nSPS) is 12.8. The molecule has 7 heteroatoms. The predicted molar refractivity (Wildman–Crippen MR) is 99.4 cm³/mol. The van der Waals surface area contributed by atoms with Crippen LogP contribution in [0, 0.1) is 0 Å². The molecule has 0 fully saturated rings. The van der Waals surface area contributed by atoms with Gasteiger partial charge in [-0.15, -0.1) is 0 Å². The Morgan fingerprint density at radius 3 is 2.65 bits per heavy atom. The van der Waals surface area contributed by atoms with Crippen LogP contribution in [0.25, 0.3) is 0 Å². The molecule has 23 heavy (non-hydrogen) atoms. The van der Waals surface area contributed by atoms with Crippen molar-refractivity contribution in [3.8, 4) is 0 Å². The molecule has 2 N–H and O–H groups in total. The van der Waals surface area contributed by atoms with Gasteiger partial charge in [-0.1, -0.05) is 13.3 Å². The van der Waals surface area contributed by atoms with Gasteiger partial charge in [0.25, 0.3) is 0 Å². The molecule has 0 radical (unpaired) electrons. The van der Waals surface area contributed by atoms with Crippen molar-refractivity contribution in [3.63, 3.8) is 0 Å². The molecule has 130 valence electrons. The molecule has 1 amide bonds. The standard InChI is InChI=1S/C16H25Br2N3O2/c1-5-6-12(9-21-15(22)23-16(2,3)4)19-10-14-13(18)7-11(17)8-20-14/h7-8,12,19H,5-6,9-10H2,1-4H3,(H,21,22). The van der Waals surface area contributed by atoms with Crippen LogP contribution in [0.2, 0.25) is 0 Å². The number of aromatic nitrogens is 1. The highest BCUT2D eigenvalue weighted by Gasteiger charge is 2.17. The number of amides is 1. The summed E-state index contributed by atoms with van der Waals surface area (Å²) in [5.41, 5.74) is 0.454. The van der Waals surface area contributed by atoms with Crippen molar-refractivity contribution in [1.82, 2.24) is 15.6 Å². The van der Waals surface area contributed by atoms with Crippen LogP contribution in [-0.2, 0) is 11.3 Å². The Morgan fingerprint density at radius 2 is 2.09 bits per heavy atom. The van der Waals surface area contributed by atoms with Crippen LogP contribution in [0.15, 0.2) is 21.2 Å². The molecule has 1 heterocycles. The van der Waals surface area contributed by atoms with Gasteiger partial charge in [0.15, 0.2) is 0 Å². The average Bonchev–Trinajstić information content (AvgIpc) is 2.41. The van der Waals surface area contributed by atoms with Crippen molar-refractivity contribution < 1.29 is 9.53 Å². The number of halogens is 2. The molecule has 5 nitrogen and oxygen atoms in total. The van der Waals surface area contributed by atoms with Crippen molar-refractivity contribution in [2.24, 2.45) is 0 Å². The Balaban J connectivity index is 2.50. The fourth-order valence-electron chi connectivity index (χ4n) is 1.96. The number of carbonyl (C=O) groups is 1. The fourth-order valence-corrected chi connectivity index (χ4v) is 3.09. The van der Waals surface area contributed by atoms with E-state index in [0.717, 1.165) is 27.5 Å². The summed E-state index contributed by atoms with van der Waals surface area (Å²) in [6, 6.07) is 2.14. The highest BCUT2D eigenvalue weighted by atomic mass is 79.9. The summed E-state index contributed by atoms with van der Waals surface area (Å²) >= 11 is 6.90. The van der Waals surface area contributed by atoms with Crippen LogP contribution in [0.3, 0.4) is 0 Å². The smallest absolute Gasteiger partial charge is 0.407 e. The minimum atomic E-state index is -0.482. The largest absolute Gasteiger partial charge is 0.444 e. The van der Waals surface area contributed by atoms with Crippen LogP contribution in [0.1, 0.15) is 46.2 Å². The fraction of sp³-hybridized carbons (Fsp3) is 0.625. The van der Waals surface area contributed by atoms with Crippen molar-refractivity contribution >= 4 is 38.0 Å². The zero-order valence-corrected chi connectivity index (χ0v) is 17.3.